The number of nitrogens with two attached hydrogens (primary N) is 1. The fourth-order valence-corrected chi connectivity index (χ4v) is 3.65. The summed E-state index contributed by atoms with van der Waals surface area (Å²) in [5.74, 6) is -0.858. The Bertz CT molecular complexity index is 618. The minimum absolute atomic E-state index is 0.0706. The van der Waals surface area contributed by atoms with Crippen LogP contribution in [0.4, 0.5) is 4.39 Å². The molecule has 1 saturated heterocycles. The molecule has 9 heteroatoms. The average Bonchev–Trinajstić information content (AvgIpc) is 2.43. The predicted octanol–water partition coefficient (Wildman–Crippen LogP) is 0.378. The summed E-state index contributed by atoms with van der Waals surface area (Å²) in [7, 11) is -2.07. The molecule has 1 aromatic carbocycles. The van der Waals surface area contributed by atoms with Crippen LogP contribution in [0.25, 0.3) is 0 Å². The lowest BCUT2D eigenvalue weighted by molar-refractivity contribution is 0.134. The molecule has 1 aliphatic rings. The molecule has 3 N–H and O–H groups in total. The third kappa shape index (κ3) is 3.91. The lowest BCUT2D eigenvalue weighted by Crippen LogP contribution is -2.52. The summed E-state index contributed by atoms with van der Waals surface area (Å²) in [6, 6.07) is 2.42. The van der Waals surface area contributed by atoms with E-state index in [1.165, 1.54) is 6.07 Å². The number of piperazine rings is 1. The van der Waals surface area contributed by atoms with Crippen molar-refractivity contribution in [1.29, 1.82) is 0 Å². The van der Waals surface area contributed by atoms with Crippen LogP contribution in [0.1, 0.15) is 5.56 Å². The molecule has 0 atom stereocenters. The van der Waals surface area contributed by atoms with Crippen molar-refractivity contribution in [3.8, 4) is 0 Å². The first kappa shape index (κ1) is 16.6. The van der Waals surface area contributed by atoms with E-state index < -0.39 is 20.7 Å². The van der Waals surface area contributed by atoms with Gasteiger partial charge in [0.1, 0.15) is 10.7 Å². The number of halogens is 2. The molecule has 1 heterocycles. The highest BCUT2D eigenvalue weighted by atomic mass is 35.5. The van der Waals surface area contributed by atoms with E-state index in [4.69, 9.17) is 17.3 Å². The second kappa shape index (κ2) is 6.55. The number of hydrogen-bond acceptors (Lipinski definition) is 5. The third-order valence-corrected chi connectivity index (χ3v) is 4.93. The molecule has 0 unspecified atom stereocenters. The molecule has 1 fully saturated rings. The van der Waals surface area contributed by atoms with Crippen molar-refractivity contribution in [1.82, 2.24) is 14.7 Å². The van der Waals surface area contributed by atoms with Gasteiger partial charge in [-0.3, -0.25) is 0 Å². The highest BCUT2D eigenvalue weighted by Crippen LogP contribution is 2.23. The van der Waals surface area contributed by atoms with E-state index in [0.717, 1.165) is 19.2 Å². The van der Waals surface area contributed by atoms with Crippen molar-refractivity contribution < 1.29 is 12.8 Å². The minimum Gasteiger partial charge on any atom is -0.326 e. The summed E-state index contributed by atoms with van der Waals surface area (Å²) in [6.07, 6.45) is 0. The van der Waals surface area contributed by atoms with Crippen molar-refractivity contribution in [2.24, 2.45) is 5.73 Å². The van der Waals surface area contributed by atoms with Gasteiger partial charge in [0.25, 0.3) is 10.0 Å². The lowest BCUT2D eigenvalue weighted by Gasteiger charge is -2.32. The zero-order valence-corrected chi connectivity index (χ0v) is 13.2. The van der Waals surface area contributed by atoms with Crippen LogP contribution in [0, 0.1) is 5.82 Å². The van der Waals surface area contributed by atoms with E-state index in [-0.39, 0.29) is 17.1 Å². The predicted molar refractivity (Wildman–Crippen MR) is 78.7 cm³/mol. The Morgan fingerprint density at radius 3 is 2.52 bits per heavy atom. The Morgan fingerprint density at radius 2 is 1.95 bits per heavy atom. The number of benzene rings is 1. The molecule has 0 amide bonds. The third-order valence-electron chi connectivity index (χ3n) is 3.34. The number of rotatable bonds is 4. The van der Waals surface area contributed by atoms with E-state index in [1.54, 1.807) is 5.01 Å². The van der Waals surface area contributed by atoms with Crippen LogP contribution in [0.15, 0.2) is 17.0 Å². The molecular formula is C12H18ClFN4O2S. The number of hydrazine groups is 1. The summed E-state index contributed by atoms with van der Waals surface area (Å²) in [5, 5.41) is 1.69. The molecule has 1 aromatic rings. The first-order chi connectivity index (χ1) is 9.83. The van der Waals surface area contributed by atoms with E-state index >= 15 is 0 Å². The van der Waals surface area contributed by atoms with Crippen LogP contribution >= 0.6 is 11.6 Å². The van der Waals surface area contributed by atoms with Crippen LogP contribution < -0.4 is 10.6 Å². The van der Waals surface area contributed by atoms with Crippen LogP contribution in [0.5, 0.6) is 0 Å². The van der Waals surface area contributed by atoms with Crippen LogP contribution in [0.3, 0.4) is 0 Å². The van der Waals surface area contributed by atoms with Gasteiger partial charge < -0.3 is 10.6 Å². The number of likely N-dealkylation sites (N-methyl/N-ethyl adjacent to an activating group) is 1. The van der Waals surface area contributed by atoms with Gasteiger partial charge in [0.15, 0.2) is 0 Å². The molecule has 0 radical (unpaired) electrons. The largest absolute Gasteiger partial charge is 0.326 e. The summed E-state index contributed by atoms with van der Waals surface area (Å²) >= 11 is 5.83. The Morgan fingerprint density at radius 1 is 1.33 bits per heavy atom. The molecule has 0 spiro atoms. The Hall–Kier alpha value is -0.770. The highest BCUT2D eigenvalue weighted by molar-refractivity contribution is 7.89. The number of sulfonamides is 1. The zero-order chi connectivity index (χ0) is 15.6. The van der Waals surface area contributed by atoms with E-state index in [9.17, 15) is 12.8 Å². The van der Waals surface area contributed by atoms with Gasteiger partial charge in [0.2, 0.25) is 0 Å². The molecule has 6 nitrogen and oxygen atoms in total. The molecule has 21 heavy (non-hydrogen) atoms. The van der Waals surface area contributed by atoms with Crippen molar-refractivity contribution in [3.05, 3.63) is 28.5 Å². The first-order valence-corrected chi connectivity index (χ1v) is 8.33. The average molecular weight is 337 g/mol. The van der Waals surface area contributed by atoms with E-state index in [0.29, 0.717) is 13.1 Å². The number of nitrogens with one attached hydrogen (secondary N) is 1. The fourth-order valence-electron chi connectivity index (χ4n) is 2.08. The highest BCUT2D eigenvalue weighted by Gasteiger charge is 2.25. The quantitative estimate of drug-likeness (QED) is 0.831. The smallest absolute Gasteiger partial charge is 0.256 e. The topological polar surface area (TPSA) is 78.7 Å². The maximum Gasteiger partial charge on any atom is 0.256 e. The molecule has 0 saturated carbocycles. The second-order valence-corrected chi connectivity index (χ2v) is 7.03. The summed E-state index contributed by atoms with van der Waals surface area (Å²) in [4.78, 5) is 3.99. The normalized spacial score (nSPS) is 18.1. The fraction of sp³-hybridized carbons (Fsp3) is 0.500. The maximum atomic E-state index is 14.2. The Balaban J connectivity index is 2.25. The molecule has 0 bridgehead atoms. The van der Waals surface area contributed by atoms with Gasteiger partial charge >= 0.3 is 0 Å². The van der Waals surface area contributed by atoms with Crippen LogP contribution in [0.2, 0.25) is 5.02 Å². The minimum atomic E-state index is -4.02. The molecule has 118 valence electrons. The number of hydrogen-bond donors (Lipinski definition) is 2. The molecule has 0 aromatic heterocycles. The first-order valence-electron chi connectivity index (χ1n) is 6.47. The van der Waals surface area contributed by atoms with Crippen LogP contribution in [-0.2, 0) is 16.6 Å². The number of nitrogens with zero attached hydrogens (tertiary/aromatic N) is 2. The zero-order valence-electron chi connectivity index (χ0n) is 11.6. The van der Waals surface area contributed by atoms with Gasteiger partial charge in [0.05, 0.1) is 0 Å². The Kier molecular flexibility index (Phi) is 5.18. The lowest BCUT2D eigenvalue weighted by atomic mass is 10.2. The molecule has 1 aliphatic heterocycles. The summed E-state index contributed by atoms with van der Waals surface area (Å²) in [5.41, 5.74) is 5.47. The van der Waals surface area contributed by atoms with Gasteiger partial charge in [-0.05, 0) is 19.2 Å². The van der Waals surface area contributed by atoms with Gasteiger partial charge in [0, 0.05) is 43.3 Å². The van der Waals surface area contributed by atoms with Gasteiger partial charge in [-0.25, -0.2) is 17.8 Å². The standard InChI is InChI=1S/C12H18ClFN4O2S/c1-17-2-4-18(5-3-17)16-21(19,20)11-7-10(13)6-9(8-15)12(11)14/h6-7,16H,2-5,8,15H2,1H3. The van der Waals surface area contributed by atoms with Gasteiger partial charge in [-0.2, -0.15) is 0 Å². The molecule has 0 aliphatic carbocycles. The van der Waals surface area contributed by atoms with E-state index in [2.05, 4.69) is 9.73 Å². The van der Waals surface area contributed by atoms with Gasteiger partial charge in [-0.1, -0.05) is 11.6 Å². The van der Waals surface area contributed by atoms with E-state index in [1.807, 2.05) is 7.05 Å². The van der Waals surface area contributed by atoms with Crippen molar-refractivity contribution in [2.45, 2.75) is 11.4 Å². The summed E-state index contributed by atoms with van der Waals surface area (Å²) < 4.78 is 38.8. The monoisotopic (exact) mass is 336 g/mol. The van der Waals surface area contributed by atoms with Crippen LogP contribution in [-0.4, -0.2) is 51.6 Å². The van der Waals surface area contributed by atoms with Crippen molar-refractivity contribution >= 4 is 21.6 Å². The second-order valence-electron chi connectivity index (χ2n) is 4.97. The summed E-state index contributed by atoms with van der Waals surface area (Å²) in [6.45, 7) is 2.40. The maximum absolute atomic E-state index is 14.2. The van der Waals surface area contributed by atoms with Gasteiger partial charge in [-0.15, -0.1) is 4.83 Å². The molecular weight excluding hydrogens is 319 g/mol. The SMILES string of the molecule is CN1CCN(NS(=O)(=O)c2cc(Cl)cc(CN)c2F)CC1. The molecule has 2 rings (SSSR count). The Labute approximate surface area is 128 Å². The van der Waals surface area contributed by atoms with Crippen molar-refractivity contribution in [3.63, 3.8) is 0 Å². The van der Waals surface area contributed by atoms with Crippen molar-refractivity contribution in [2.75, 3.05) is 33.2 Å².